The van der Waals surface area contributed by atoms with E-state index in [1.165, 1.54) is 67.3 Å². The number of rotatable bonds is 6. The summed E-state index contributed by atoms with van der Waals surface area (Å²) in [5.74, 6) is 1.86. The second-order valence-corrected chi connectivity index (χ2v) is 7.93. The Morgan fingerprint density at radius 1 is 0.957 bits per heavy atom. The summed E-state index contributed by atoms with van der Waals surface area (Å²) in [5, 5.41) is 0. The predicted molar refractivity (Wildman–Crippen MR) is 99.1 cm³/mol. The molecule has 0 bridgehead atoms. The Kier molecular flexibility index (Phi) is 6.95. The van der Waals surface area contributed by atoms with E-state index in [4.69, 9.17) is 4.74 Å². The number of hydrogen-bond acceptors (Lipinski definition) is 1. The second kappa shape index (κ2) is 8.73. The van der Waals surface area contributed by atoms with Gasteiger partial charge in [0, 0.05) is 5.92 Å². The molecule has 2 rings (SSSR count). The molecule has 130 valence electrons. The van der Waals surface area contributed by atoms with Crippen molar-refractivity contribution in [2.75, 3.05) is 32.8 Å². The van der Waals surface area contributed by atoms with Crippen molar-refractivity contribution in [2.24, 2.45) is 5.92 Å². The first-order valence-corrected chi connectivity index (χ1v) is 9.56. The van der Waals surface area contributed by atoms with Crippen LogP contribution >= 0.6 is 0 Å². The molecular weight excluding hydrogens is 282 g/mol. The number of likely N-dealkylation sites (tertiary alicyclic amines) is 1. The van der Waals surface area contributed by atoms with Crippen molar-refractivity contribution in [1.29, 1.82) is 0 Å². The van der Waals surface area contributed by atoms with Gasteiger partial charge in [0.2, 0.25) is 0 Å². The van der Waals surface area contributed by atoms with E-state index in [0.717, 1.165) is 24.8 Å². The third-order valence-electron chi connectivity index (χ3n) is 5.24. The van der Waals surface area contributed by atoms with Gasteiger partial charge in [0.05, 0.1) is 19.6 Å². The molecule has 1 aromatic carbocycles. The van der Waals surface area contributed by atoms with Gasteiger partial charge in [-0.05, 0) is 50.7 Å². The Labute approximate surface area is 143 Å². The summed E-state index contributed by atoms with van der Waals surface area (Å²) in [7, 11) is 0. The molecule has 0 atom stereocenters. The number of para-hydroxylation sites is 1. The van der Waals surface area contributed by atoms with Crippen LogP contribution in [0.3, 0.4) is 0 Å². The lowest BCUT2D eigenvalue weighted by Gasteiger charge is -2.41. The minimum Gasteiger partial charge on any atom is -0.487 e. The molecule has 0 N–H and O–H groups in total. The molecule has 0 saturated carbocycles. The fraction of sp³-hybridized carbons (Fsp3) is 0.714. The number of ether oxygens (including phenoxy) is 1. The third kappa shape index (κ3) is 5.53. The number of quaternary nitrogens is 1. The molecule has 0 unspecified atom stereocenters. The molecule has 1 saturated heterocycles. The molecular formula is C21H36NO+. The van der Waals surface area contributed by atoms with Gasteiger partial charge in [0.25, 0.3) is 0 Å². The van der Waals surface area contributed by atoms with Gasteiger partial charge in [-0.25, -0.2) is 0 Å². The number of hydrogen-bond donors (Lipinski definition) is 0. The zero-order chi connectivity index (χ0) is 16.7. The highest BCUT2D eigenvalue weighted by molar-refractivity contribution is 5.39. The molecule has 0 aliphatic carbocycles. The maximum Gasteiger partial charge on any atom is 0.137 e. The SMILES string of the molecule is Cc1cccc(C)c1OCC[N+]1(CC(C)C)CCCCCCC1. The summed E-state index contributed by atoms with van der Waals surface area (Å²) in [6.07, 6.45) is 7.03. The minimum absolute atomic E-state index is 0.759. The molecule has 2 heteroatoms. The lowest BCUT2D eigenvalue weighted by atomic mass is 10.0. The number of benzene rings is 1. The van der Waals surface area contributed by atoms with Crippen molar-refractivity contribution in [3.63, 3.8) is 0 Å². The molecule has 1 aliphatic heterocycles. The molecule has 1 aromatic rings. The van der Waals surface area contributed by atoms with Crippen LogP contribution in [0.2, 0.25) is 0 Å². The van der Waals surface area contributed by atoms with Crippen molar-refractivity contribution in [3.05, 3.63) is 29.3 Å². The molecule has 1 aliphatic rings. The molecule has 23 heavy (non-hydrogen) atoms. The Bertz CT molecular complexity index is 452. The Morgan fingerprint density at radius 2 is 1.52 bits per heavy atom. The van der Waals surface area contributed by atoms with Crippen LogP contribution in [-0.4, -0.2) is 37.3 Å². The summed E-state index contributed by atoms with van der Waals surface area (Å²) in [6, 6.07) is 6.41. The fourth-order valence-electron chi connectivity index (χ4n) is 4.18. The molecule has 0 radical (unpaired) electrons. The van der Waals surface area contributed by atoms with Crippen LogP contribution in [0.1, 0.15) is 57.1 Å². The van der Waals surface area contributed by atoms with Crippen molar-refractivity contribution >= 4 is 0 Å². The highest BCUT2D eigenvalue weighted by Crippen LogP contribution is 2.24. The standard InChI is InChI=1S/C21H36NO/c1-18(2)17-22(13-8-6-5-7-9-14-22)15-16-23-21-19(3)11-10-12-20(21)4/h10-12,18H,5-9,13-17H2,1-4H3/q+1. The molecule has 0 spiro atoms. The smallest absolute Gasteiger partial charge is 0.137 e. The number of aryl methyl sites for hydroxylation is 2. The highest BCUT2D eigenvalue weighted by Gasteiger charge is 2.29. The topological polar surface area (TPSA) is 9.23 Å². The maximum atomic E-state index is 6.23. The average Bonchev–Trinajstić information content (AvgIpc) is 2.45. The molecule has 1 heterocycles. The molecule has 0 aromatic heterocycles. The van der Waals surface area contributed by atoms with Gasteiger partial charge in [0.15, 0.2) is 0 Å². The van der Waals surface area contributed by atoms with Gasteiger partial charge in [-0.1, -0.05) is 38.5 Å². The van der Waals surface area contributed by atoms with Crippen molar-refractivity contribution in [2.45, 2.75) is 59.8 Å². The van der Waals surface area contributed by atoms with Crippen molar-refractivity contribution < 1.29 is 9.22 Å². The fourth-order valence-corrected chi connectivity index (χ4v) is 4.18. The van der Waals surface area contributed by atoms with E-state index >= 15 is 0 Å². The summed E-state index contributed by atoms with van der Waals surface area (Å²) < 4.78 is 7.50. The lowest BCUT2D eigenvalue weighted by molar-refractivity contribution is -0.931. The van der Waals surface area contributed by atoms with Crippen LogP contribution < -0.4 is 4.74 Å². The number of nitrogens with zero attached hydrogens (tertiary/aromatic N) is 1. The van der Waals surface area contributed by atoms with Crippen LogP contribution in [-0.2, 0) is 0 Å². The average molecular weight is 319 g/mol. The first kappa shape index (κ1) is 18.3. The van der Waals surface area contributed by atoms with Crippen LogP contribution in [0.5, 0.6) is 5.75 Å². The molecule has 0 amide bonds. The largest absolute Gasteiger partial charge is 0.487 e. The van der Waals surface area contributed by atoms with E-state index in [1.807, 2.05) is 0 Å². The Balaban J connectivity index is 2.00. The summed E-state index contributed by atoms with van der Waals surface area (Å²) >= 11 is 0. The van der Waals surface area contributed by atoms with E-state index in [9.17, 15) is 0 Å². The zero-order valence-corrected chi connectivity index (χ0v) is 15.7. The van der Waals surface area contributed by atoms with Gasteiger partial charge in [-0.15, -0.1) is 0 Å². The Hall–Kier alpha value is -1.02. The van der Waals surface area contributed by atoms with E-state index in [2.05, 4.69) is 45.9 Å². The highest BCUT2D eigenvalue weighted by atomic mass is 16.5. The van der Waals surface area contributed by atoms with Crippen LogP contribution in [0.15, 0.2) is 18.2 Å². The van der Waals surface area contributed by atoms with E-state index in [1.54, 1.807) is 0 Å². The first-order chi connectivity index (χ1) is 11.0. The second-order valence-electron chi connectivity index (χ2n) is 7.93. The molecule has 2 nitrogen and oxygen atoms in total. The minimum atomic E-state index is 0.759. The zero-order valence-electron chi connectivity index (χ0n) is 15.7. The summed E-state index contributed by atoms with van der Waals surface area (Å²) in [6.45, 7) is 15.0. The van der Waals surface area contributed by atoms with E-state index in [0.29, 0.717) is 0 Å². The van der Waals surface area contributed by atoms with E-state index in [-0.39, 0.29) is 0 Å². The van der Waals surface area contributed by atoms with E-state index < -0.39 is 0 Å². The third-order valence-corrected chi connectivity index (χ3v) is 5.24. The molecule has 1 fully saturated rings. The summed E-state index contributed by atoms with van der Waals surface area (Å²) in [5.41, 5.74) is 2.51. The monoisotopic (exact) mass is 318 g/mol. The Morgan fingerprint density at radius 3 is 2.09 bits per heavy atom. The van der Waals surface area contributed by atoms with Crippen LogP contribution in [0, 0.1) is 19.8 Å². The maximum absolute atomic E-state index is 6.23. The van der Waals surface area contributed by atoms with Crippen molar-refractivity contribution in [3.8, 4) is 5.75 Å². The van der Waals surface area contributed by atoms with Crippen molar-refractivity contribution in [1.82, 2.24) is 0 Å². The van der Waals surface area contributed by atoms with Gasteiger partial charge in [-0.2, -0.15) is 0 Å². The first-order valence-electron chi connectivity index (χ1n) is 9.56. The van der Waals surface area contributed by atoms with Gasteiger partial charge in [-0.3, -0.25) is 0 Å². The quantitative estimate of drug-likeness (QED) is 0.662. The predicted octanol–water partition coefficient (Wildman–Crippen LogP) is 5.12. The van der Waals surface area contributed by atoms with Crippen LogP contribution in [0.25, 0.3) is 0 Å². The summed E-state index contributed by atoms with van der Waals surface area (Å²) in [4.78, 5) is 0. The normalized spacial score (nSPS) is 18.5. The van der Waals surface area contributed by atoms with Crippen LogP contribution in [0.4, 0.5) is 0 Å². The lowest BCUT2D eigenvalue weighted by Crippen LogP contribution is -2.54. The van der Waals surface area contributed by atoms with Gasteiger partial charge >= 0.3 is 0 Å². The van der Waals surface area contributed by atoms with Gasteiger partial charge in [0.1, 0.15) is 18.9 Å². The van der Waals surface area contributed by atoms with Gasteiger partial charge < -0.3 is 9.22 Å².